The molecule has 1 heterocycles. The van der Waals surface area contributed by atoms with Gasteiger partial charge in [-0.25, -0.2) is 10.8 Å². The van der Waals surface area contributed by atoms with Gasteiger partial charge in [0.05, 0.1) is 6.04 Å². The van der Waals surface area contributed by atoms with Gasteiger partial charge < -0.3 is 9.80 Å². The standard InChI is InChI=1S/C14H29N5/c1-3-13-11-18(2)9-6-10-19(13)14(17-15)16-12-7-4-5-8-12/h12-13H,3-11,15H2,1-2H3,(H,16,17). The van der Waals surface area contributed by atoms with Crippen LogP contribution in [0.4, 0.5) is 0 Å². The minimum atomic E-state index is 0.476. The molecule has 2 rings (SSSR count). The van der Waals surface area contributed by atoms with Crippen molar-refractivity contribution in [3.05, 3.63) is 0 Å². The van der Waals surface area contributed by atoms with Crippen molar-refractivity contribution in [1.82, 2.24) is 15.2 Å². The maximum absolute atomic E-state index is 5.75. The molecule has 1 saturated carbocycles. The van der Waals surface area contributed by atoms with Crippen molar-refractivity contribution in [2.24, 2.45) is 10.8 Å². The number of nitrogens with one attached hydrogen (secondary N) is 1. The number of hydrogen-bond acceptors (Lipinski definition) is 3. The Bertz CT molecular complexity index is 298. The lowest BCUT2D eigenvalue weighted by Crippen LogP contribution is -2.51. The first-order chi connectivity index (χ1) is 9.24. The first-order valence-corrected chi connectivity index (χ1v) is 7.74. The molecule has 2 fully saturated rings. The lowest BCUT2D eigenvalue weighted by Gasteiger charge is -2.32. The average molecular weight is 267 g/mol. The smallest absolute Gasteiger partial charge is 0.208 e. The van der Waals surface area contributed by atoms with Crippen LogP contribution in [0.1, 0.15) is 45.4 Å². The van der Waals surface area contributed by atoms with Crippen LogP contribution in [-0.2, 0) is 0 Å². The molecule has 1 aliphatic carbocycles. The van der Waals surface area contributed by atoms with Crippen LogP contribution in [0.15, 0.2) is 4.99 Å². The summed E-state index contributed by atoms with van der Waals surface area (Å²) in [6.07, 6.45) is 7.37. The van der Waals surface area contributed by atoms with E-state index in [-0.39, 0.29) is 0 Å². The summed E-state index contributed by atoms with van der Waals surface area (Å²) in [5, 5.41) is 0. The van der Waals surface area contributed by atoms with Crippen molar-refractivity contribution in [2.45, 2.75) is 57.5 Å². The van der Waals surface area contributed by atoms with Gasteiger partial charge in [-0.15, -0.1) is 0 Å². The number of hydrogen-bond donors (Lipinski definition) is 2. The molecular weight excluding hydrogens is 238 g/mol. The third kappa shape index (κ3) is 3.83. The van der Waals surface area contributed by atoms with E-state index in [0.717, 1.165) is 32.0 Å². The molecule has 0 aromatic carbocycles. The molecule has 3 N–H and O–H groups in total. The summed E-state index contributed by atoms with van der Waals surface area (Å²) in [5.41, 5.74) is 2.86. The summed E-state index contributed by atoms with van der Waals surface area (Å²) in [6.45, 7) is 5.56. The number of nitrogens with two attached hydrogens (primary N) is 1. The Hall–Kier alpha value is -0.810. The van der Waals surface area contributed by atoms with Gasteiger partial charge in [0.1, 0.15) is 0 Å². The van der Waals surface area contributed by atoms with Gasteiger partial charge in [0.15, 0.2) is 0 Å². The molecule has 1 atom stereocenters. The molecule has 2 aliphatic rings. The Labute approximate surface area is 117 Å². The molecule has 1 unspecified atom stereocenters. The Balaban J connectivity index is 2.09. The number of nitrogens with zero attached hydrogens (tertiary/aromatic N) is 3. The second kappa shape index (κ2) is 7.10. The largest absolute Gasteiger partial charge is 0.338 e. The van der Waals surface area contributed by atoms with Crippen LogP contribution in [0.5, 0.6) is 0 Å². The number of aliphatic imine (C=N–C) groups is 1. The van der Waals surface area contributed by atoms with Gasteiger partial charge in [-0.3, -0.25) is 5.43 Å². The topological polar surface area (TPSA) is 56.9 Å². The second-order valence-electron chi connectivity index (χ2n) is 5.91. The zero-order chi connectivity index (χ0) is 13.7. The maximum atomic E-state index is 5.75. The molecule has 0 radical (unpaired) electrons. The van der Waals surface area contributed by atoms with Crippen LogP contribution in [-0.4, -0.2) is 54.5 Å². The first kappa shape index (κ1) is 14.6. The van der Waals surface area contributed by atoms with Crippen LogP contribution >= 0.6 is 0 Å². The summed E-state index contributed by atoms with van der Waals surface area (Å²) in [4.78, 5) is 9.68. The van der Waals surface area contributed by atoms with Gasteiger partial charge in [0, 0.05) is 19.1 Å². The van der Waals surface area contributed by atoms with E-state index in [2.05, 4.69) is 29.2 Å². The molecule has 19 heavy (non-hydrogen) atoms. The summed E-state index contributed by atoms with van der Waals surface area (Å²) in [6, 6.07) is 0.994. The van der Waals surface area contributed by atoms with Gasteiger partial charge >= 0.3 is 0 Å². The summed E-state index contributed by atoms with van der Waals surface area (Å²) < 4.78 is 0. The number of hydrazine groups is 1. The Morgan fingerprint density at radius 2 is 2.00 bits per heavy atom. The second-order valence-corrected chi connectivity index (χ2v) is 5.91. The van der Waals surface area contributed by atoms with Gasteiger partial charge in [0.2, 0.25) is 5.96 Å². The highest BCUT2D eigenvalue weighted by Gasteiger charge is 2.25. The van der Waals surface area contributed by atoms with Crippen LogP contribution in [0, 0.1) is 0 Å². The molecule has 0 amide bonds. The van der Waals surface area contributed by atoms with E-state index in [0.29, 0.717) is 12.1 Å². The van der Waals surface area contributed by atoms with E-state index in [1.807, 2.05) is 0 Å². The van der Waals surface area contributed by atoms with Crippen LogP contribution in [0.25, 0.3) is 0 Å². The fourth-order valence-corrected chi connectivity index (χ4v) is 3.27. The van der Waals surface area contributed by atoms with Crippen molar-refractivity contribution < 1.29 is 0 Å². The Morgan fingerprint density at radius 1 is 1.26 bits per heavy atom. The number of guanidine groups is 1. The lowest BCUT2D eigenvalue weighted by molar-refractivity contribution is 0.258. The van der Waals surface area contributed by atoms with Gasteiger partial charge in [-0.05, 0) is 39.3 Å². The molecular formula is C14H29N5. The predicted molar refractivity (Wildman–Crippen MR) is 79.9 cm³/mol. The zero-order valence-electron chi connectivity index (χ0n) is 12.4. The van der Waals surface area contributed by atoms with Crippen molar-refractivity contribution in [3.8, 4) is 0 Å². The third-order valence-electron chi connectivity index (χ3n) is 4.40. The molecule has 0 bridgehead atoms. The van der Waals surface area contributed by atoms with E-state index < -0.39 is 0 Å². The predicted octanol–water partition coefficient (Wildman–Crippen LogP) is 1.16. The Morgan fingerprint density at radius 3 is 2.63 bits per heavy atom. The van der Waals surface area contributed by atoms with E-state index in [4.69, 9.17) is 10.8 Å². The average Bonchev–Trinajstić information content (AvgIpc) is 2.85. The quantitative estimate of drug-likeness (QED) is 0.341. The molecule has 5 heteroatoms. The molecule has 0 spiro atoms. The molecule has 1 saturated heterocycles. The minimum absolute atomic E-state index is 0.476. The molecule has 0 aromatic rings. The van der Waals surface area contributed by atoms with Crippen LogP contribution in [0.2, 0.25) is 0 Å². The van der Waals surface area contributed by atoms with Gasteiger partial charge in [-0.1, -0.05) is 19.8 Å². The Kier molecular flexibility index (Phi) is 5.45. The maximum Gasteiger partial charge on any atom is 0.208 e. The lowest BCUT2D eigenvalue weighted by atomic mass is 10.2. The van der Waals surface area contributed by atoms with E-state index in [1.165, 1.54) is 32.1 Å². The molecule has 110 valence electrons. The van der Waals surface area contributed by atoms with Gasteiger partial charge in [0.25, 0.3) is 0 Å². The summed E-state index contributed by atoms with van der Waals surface area (Å²) in [5.74, 6) is 6.66. The highest BCUT2D eigenvalue weighted by Crippen LogP contribution is 2.22. The van der Waals surface area contributed by atoms with Crippen LogP contribution in [0.3, 0.4) is 0 Å². The molecule has 5 nitrogen and oxygen atoms in total. The fourth-order valence-electron chi connectivity index (χ4n) is 3.27. The highest BCUT2D eigenvalue weighted by molar-refractivity contribution is 5.80. The van der Waals surface area contributed by atoms with Crippen LogP contribution < -0.4 is 11.3 Å². The highest BCUT2D eigenvalue weighted by atomic mass is 15.4. The summed E-state index contributed by atoms with van der Waals surface area (Å²) >= 11 is 0. The molecule has 0 aromatic heterocycles. The monoisotopic (exact) mass is 267 g/mol. The number of rotatable bonds is 2. The normalized spacial score (nSPS) is 27.6. The first-order valence-electron chi connectivity index (χ1n) is 7.74. The summed E-state index contributed by atoms with van der Waals surface area (Å²) in [7, 11) is 2.20. The van der Waals surface area contributed by atoms with E-state index in [1.54, 1.807) is 0 Å². The van der Waals surface area contributed by atoms with Gasteiger partial charge in [-0.2, -0.15) is 0 Å². The van der Waals surface area contributed by atoms with Crippen molar-refractivity contribution >= 4 is 5.96 Å². The van der Waals surface area contributed by atoms with E-state index in [9.17, 15) is 0 Å². The van der Waals surface area contributed by atoms with Crippen molar-refractivity contribution in [3.63, 3.8) is 0 Å². The molecule has 1 aliphatic heterocycles. The zero-order valence-corrected chi connectivity index (χ0v) is 12.4. The fraction of sp³-hybridized carbons (Fsp3) is 0.929. The minimum Gasteiger partial charge on any atom is -0.338 e. The third-order valence-corrected chi connectivity index (χ3v) is 4.40. The van der Waals surface area contributed by atoms with Crippen molar-refractivity contribution in [2.75, 3.05) is 26.7 Å². The van der Waals surface area contributed by atoms with Crippen molar-refractivity contribution in [1.29, 1.82) is 0 Å². The van der Waals surface area contributed by atoms with E-state index >= 15 is 0 Å². The SMILES string of the molecule is CCC1CN(C)CCCN1C(=NC1CCCC1)NN. The number of likely N-dealkylation sites (N-methyl/N-ethyl adjacent to an activating group) is 1.